The first-order chi connectivity index (χ1) is 12.6. The fraction of sp³-hybridized carbons (Fsp3) is 0.400. The highest BCUT2D eigenvalue weighted by atomic mass is 32.1. The number of nitrogens with one attached hydrogen (secondary N) is 1. The zero-order chi connectivity index (χ0) is 18.5. The second kappa shape index (κ2) is 8.47. The summed E-state index contributed by atoms with van der Waals surface area (Å²) in [6.07, 6.45) is 1.70. The van der Waals surface area contributed by atoms with Crippen molar-refractivity contribution in [2.24, 2.45) is 11.7 Å². The third kappa shape index (κ3) is 3.97. The van der Waals surface area contributed by atoms with E-state index in [1.54, 1.807) is 11.3 Å². The van der Waals surface area contributed by atoms with Crippen molar-refractivity contribution in [1.82, 2.24) is 5.32 Å². The Kier molecular flexibility index (Phi) is 6.06. The van der Waals surface area contributed by atoms with E-state index in [1.807, 2.05) is 53.6 Å². The summed E-state index contributed by atoms with van der Waals surface area (Å²) < 4.78 is 0. The first kappa shape index (κ1) is 18.6. The first-order valence-corrected chi connectivity index (χ1v) is 9.89. The monoisotopic (exact) mass is 371 g/mol. The van der Waals surface area contributed by atoms with Gasteiger partial charge in [0, 0.05) is 23.5 Å². The summed E-state index contributed by atoms with van der Waals surface area (Å²) >= 11 is 1.59. The number of amides is 2. The van der Waals surface area contributed by atoms with Crippen LogP contribution < -0.4 is 16.0 Å². The maximum absolute atomic E-state index is 12.8. The Morgan fingerprint density at radius 1 is 1.31 bits per heavy atom. The summed E-state index contributed by atoms with van der Waals surface area (Å²) in [5, 5.41) is 4.98. The molecule has 2 heterocycles. The number of piperidine rings is 1. The van der Waals surface area contributed by atoms with Crippen LogP contribution in [0.4, 0.5) is 5.69 Å². The van der Waals surface area contributed by atoms with Gasteiger partial charge in [0.1, 0.15) is 0 Å². The third-order valence-electron chi connectivity index (χ3n) is 4.76. The number of hydrogen-bond donors (Lipinski definition) is 2. The van der Waals surface area contributed by atoms with Gasteiger partial charge in [0.15, 0.2) is 0 Å². The lowest BCUT2D eigenvalue weighted by Crippen LogP contribution is -2.48. The molecule has 2 amide bonds. The van der Waals surface area contributed by atoms with E-state index in [1.165, 1.54) is 0 Å². The number of carbonyl (C=O) groups is 2. The van der Waals surface area contributed by atoms with Crippen molar-refractivity contribution in [3.8, 4) is 0 Å². The van der Waals surface area contributed by atoms with Gasteiger partial charge in [-0.25, -0.2) is 0 Å². The van der Waals surface area contributed by atoms with Gasteiger partial charge in [0.2, 0.25) is 11.8 Å². The quantitative estimate of drug-likeness (QED) is 0.767. The molecule has 3 rings (SSSR count). The molecule has 1 aliphatic heterocycles. The van der Waals surface area contributed by atoms with Gasteiger partial charge in [0.25, 0.3) is 0 Å². The van der Waals surface area contributed by atoms with Gasteiger partial charge in [-0.15, -0.1) is 11.3 Å². The Morgan fingerprint density at radius 2 is 2.08 bits per heavy atom. The molecule has 0 radical (unpaired) electrons. The second-order valence-corrected chi connectivity index (χ2v) is 7.62. The van der Waals surface area contributed by atoms with Gasteiger partial charge >= 0.3 is 0 Å². The minimum atomic E-state index is -0.267. The van der Waals surface area contributed by atoms with E-state index in [4.69, 9.17) is 5.73 Å². The smallest absolute Gasteiger partial charge is 0.227 e. The Morgan fingerprint density at radius 3 is 2.73 bits per heavy atom. The fourth-order valence-corrected chi connectivity index (χ4v) is 4.29. The van der Waals surface area contributed by atoms with Crippen molar-refractivity contribution < 1.29 is 9.59 Å². The molecule has 0 spiro atoms. The molecule has 5 nitrogen and oxygen atoms in total. The van der Waals surface area contributed by atoms with Crippen molar-refractivity contribution >= 4 is 28.8 Å². The van der Waals surface area contributed by atoms with Crippen molar-refractivity contribution in [3.63, 3.8) is 0 Å². The van der Waals surface area contributed by atoms with Gasteiger partial charge in [-0.3, -0.25) is 9.59 Å². The van der Waals surface area contributed by atoms with Crippen molar-refractivity contribution in [3.05, 3.63) is 52.2 Å². The van der Waals surface area contributed by atoms with Gasteiger partial charge < -0.3 is 16.0 Å². The number of rotatable bonds is 6. The number of aryl methyl sites for hydroxylation is 1. The van der Waals surface area contributed by atoms with E-state index in [9.17, 15) is 9.59 Å². The van der Waals surface area contributed by atoms with Crippen LogP contribution in [0.25, 0.3) is 0 Å². The van der Waals surface area contributed by atoms with Crippen LogP contribution in [0.5, 0.6) is 0 Å². The summed E-state index contributed by atoms with van der Waals surface area (Å²) in [7, 11) is 0. The van der Waals surface area contributed by atoms with E-state index < -0.39 is 0 Å². The molecule has 1 aromatic heterocycles. The minimum absolute atomic E-state index is 0.00135. The zero-order valence-electron chi connectivity index (χ0n) is 15.0. The second-order valence-electron chi connectivity index (χ2n) is 6.64. The molecular formula is C20H25N3O2S. The summed E-state index contributed by atoms with van der Waals surface area (Å²) in [4.78, 5) is 28.5. The topological polar surface area (TPSA) is 75.4 Å². The lowest BCUT2D eigenvalue weighted by Gasteiger charge is -2.40. The molecule has 1 fully saturated rings. The number of anilines is 1. The van der Waals surface area contributed by atoms with Crippen LogP contribution in [0.2, 0.25) is 0 Å². The molecule has 2 unspecified atom stereocenters. The number of nitrogens with zero attached hydrogens (tertiary/aromatic N) is 1. The zero-order valence-corrected chi connectivity index (χ0v) is 15.8. The van der Waals surface area contributed by atoms with Crippen molar-refractivity contribution in [2.45, 2.75) is 32.2 Å². The largest absolute Gasteiger partial charge is 0.356 e. The Balaban J connectivity index is 1.93. The van der Waals surface area contributed by atoms with E-state index in [0.29, 0.717) is 25.9 Å². The standard InChI is InChI=1S/C20H25N3O2S/c1-14-5-7-15(8-6-14)23-18(24)10-9-16(20(25)22-12-3-11-21)19(23)17-4-2-13-26-17/h2,4-8,13,16,19H,3,9-12,21H2,1H3,(H,22,25). The van der Waals surface area contributed by atoms with E-state index in [2.05, 4.69) is 5.32 Å². The van der Waals surface area contributed by atoms with Gasteiger partial charge in [-0.1, -0.05) is 23.8 Å². The molecule has 1 aliphatic rings. The molecule has 0 bridgehead atoms. The van der Waals surface area contributed by atoms with Crippen LogP contribution in [-0.2, 0) is 9.59 Å². The van der Waals surface area contributed by atoms with Crippen LogP contribution in [0.3, 0.4) is 0 Å². The molecule has 138 valence electrons. The molecule has 6 heteroatoms. The molecule has 26 heavy (non-hydrogen) atoms. The first-order valence-electron chi connectivity index (χ1n) is 9.01. The average molecular weight is 372 g/mol. The third-order valence-corrected chi connectivity index (χ3v) is 5.70. The summed E-state index contributed by atoms with van der Waals surface area (Å²) in [5.41, 5.74) is 7.51. The Bertz CT molecular complexity index is 743. The van der Waals surface area contributed by atoms with Crippen molar-refractivity contribution in [2.75, 3.05) is 18.0 Å². The Labute approximate surface area is 158 Å². The molecule has 2 aromatic rings. The van der Waals surface area contributed by atoms with Crippen LogP contribution in [0, 0.1) is 12.8 Å². The minimum Gasteiger partial charge on any atom is -0.356 e. The lowest BCUT2D eigenvalue weighted by atomic mass is 9.86. The maximum atomic E-state index is 12.8. The van der Waals surface area contributed by atoms with E-state index >= 15 is 0 Å². The van der Waals surface area contributed by atoms with Gasteiger partial charge in [-0.2, -0.15) is 0 Å². The molecule has 2 atom stereocenters. The highest BCUT2D eigenvalue weighted by Crippen LogP contribution is 2.41. The van der Waals surface area contributed by atoms with Crippen LogP contribution in [-0.4, -0.2) is 24.9 Å². The van der Waals surface area contributed by atoms with Crippen LogP contribution >= 0.6 is 11.3 Å². The molecule has 0 saturated carbocycles. The molecule has 0 aliphatic carbocycles. The number of nitrogens with two attached hydrogens (primary N) is 1. The van der Waals surface area contributed by atoms with E-state index in [-0.39, 0.29) is 23.8 Å². The lowest BCUT2D eigenvalue weighted by molar-refractivity contribution is -0.129. The highest BCUT2D eigenvalue weighted by Gasteiger charge is 2.41. The SMILES string of the molecule is Cc1ccc(N2C(=O)CCC(C(=O)NCCCN)C2c2cccs2)cc1. The van der Waals surface area contributed by atoms with Crippen LogP contribution in [0.15, 0.2) is 41.8 Å². The molecule has 3 N–H and O–H groups in total. The fourth-order valence-electron chi connectivity index (χ4n) is 3.41. The number of hydrogen-bond acceptors (Lipinski definition) is 4. The molecule has 1 saturated heterocycles. The number of carbonyl (C=O) groups excluding carboxylic acids is 2. The predicted molar refractivity (Wildman–Crippen MR) is 105 cm³/mol. The average Bonchev–Trinajstić information content (AvgIpc) is 3.17. The summed E-state index contributed by atoms with van der Waals surface area (Å²) in [6, 6.07) is 11.6. The van der Waals surface area contributed by atoms with Crippen LogP contribution in [0.1, 0.15) is 35.7 Å². The Hall–Kier alpha value is -2.18. The van der Waals surface area contributed by atoms with Gasteiger partial charge in [0.05, 0.1) is 12.0 Å². The van der Waals surface area contributed by atoms with E-state index in [0.717, 1.165) is 22.5 Å². The predicted octanol–water partition coefficient (Wildman–Crippen LogP) is 3.01. The molecular weight excluding hydrogens is 346 g/mol. The number of benzene rings is 1. The summed E-state index contributed by atoms with van der Waals surface area (Å²) in [5.74, 6) is -0.190. The van der Waals surface area contributed by atoms with Gasteiger partial charge in [-0.05, 0) is 49.9 Å². The molecule has 1 aromatic carbocycles. The van der Waals surface area contributed by atoms with Crippen molar-refractivity contribution in [1.29, 1.82) is 0 Å². The maximum Gasteiger partial charge on any atom is 0.227 e. The normalized spacial score (nSPS) is 20.2. The number of thiophene rings is 1. The highest BCUT2D eigenvalue weighted by molar-refractivity contribution is 7.10. The summed E-state index contributed by atoms with van der Waals surface area (Å²) in [6.45, 7) is 3.14.